The molecule has 0 unspecified atom stereocenters. The van der Waals surface area contributed by atoms with Crippen LogP contribution in [-0.4, -0.2) is 4.57 Å². The molecule has 2 heterocycles. The highest BCUT2D eigenvalue weighted by atomic mass is 15.0. The van der Waals surface area contributed by atoms with Gasteiger partial charge in [0.2, 0.25) is 5.69 Å². The van der Waals surface area contributed by atoms with Crippen LogP contribution in [0.25, 0.3) is 60.3 Å². The molecular formula is C38H35N2+. The third kappa shape index (κ3) is 3.59. The second-order valence-corrected chi connectivity index (χ2v) is 12.3. The molecule has 0 aliphatic heterocycles. The number of hydrogen-bond acceptors (Lipinski definition) is 0. The number of aromatic nitrogens is 2. The third-order valence-corrected chi connectivity index (χ3v) is 8.76. The van der Waals surface area contributed by atoms with E-state index in [1.807, 2.05) is 0 Å². The van der Waals surface area contributed by atoms with Gasteiger partial charge in [-0.1, -0.05) is 81.4 Å². The number of rotatable bonds is 2. The molecule has 0 spiro atoms. The maximum atomic E-state index is 2.43. The van der Waals surface area contributed by atoms with Gasteiger partial charge < -0.3 is 4.57 Å². The van der Waals surface area contributed by atoms with Crippen molar-refractivity contribution in [3.63, 3.8) is 0 Å². The summed E-state index contributed by atoms with van der Waals surface area (Å²) in [5.41, 5.74) is 10.4. The molecule has 2 aromatic heterocycles. The van der Waals surface area contributed by atoms with E-state index in [1.165, 1.54) is 77.0 Å². The molecule has 0 fully saturated rings. The van der Waals surface area contributed by atoms with Crippen molar-refractivity contribution < 1.29 is 4.57 Å². The number of pyridine rings is 1. The number of para-hydroxylation sites is 2. The second-order valence-electron chi connectivity index (χ2n) is 12.3. The first kappa shape index (κ1) is 24.6. The minimum absolute atomic E-state index is 0.0836. The predicted molar refractivity (Wildman–Crippen MR) is 171 cm³/mol. The SMILES string of the molecule is Cc1cc(C(C)(C)C)cc(-c2c3ccc4c(-n5c6ccccc6c6ccccc65)cccc4c3cc[n+]2C)c1C. The van der Waals surface area contributed by atoms with Crippen molar-refractivity contribution in [1.82, 2.24) is 4.57 Å². The number of aryl methyl sites for hydroxylation is 2. The Morgan fingerprint density at radius 1 is 0.600 bits per heavy atom. The lowest BCUT2D eigenvalue weighted by atomic mass is 9.82. The van der Waals surface area contributed by atoms with Crippen molar-refractivity contribution in [3.8, 4) is 16.9 Å². The average Bonchev–Trinajstić information content (AvgIpc) is 3.28. The first-order chi connectivity index (χ1) is 19.2. The maximum Gasteiger partial charge on any atom is 0.220 e. The van der Waals surface area contributed by atoms with E-state index in [-0.39, 0.29) is 5.41 Å². The van der Waals surface area contributed by atoms with Crippen molar-refractivity contribution >= 4 is 43.4 Å². The molecule has 0 saturated carbocycles. The van der Waals surface area contributed by atoms with Crippen LogP contribution >= 0.6 is 0 Å². The van der Waals surface area contributed by atoms with E-state index < -0.39 is 0 Å². The molecule has 0 N–H and O–H groups in total. The number of hydrogen-bond donors (Lipinski definition) is 0. The molecule has 0 aliphatic carbocycles. The summed E-state index contributed by atoms with van der Waals surface area (Å²) in [7, 11) is 2.17. The molecule has 0 saturated heterocycles. The maximum absolute atomic E-state index is 2.43. The van der Waals surface area contributed by atoms with E-state index in [1.54, 1.807) is 0 Å². The smallest absolute Gasteiger partial charge is 0.220 e. The molecule has 7 rings (SSSR count). The van der Waals surface area contributed by atoms with Gasteiger partial charge in [-0.3, -0.25) is 0 Å². The molecular weight excluding hydrogens is 484 g/mol. The number of fused-ring (bicyclic) bond motifs is 6. The normalized spacial score (nSPS) is 12.2. The topological polar surface area (TPSA) is 8.81 Å². The largest absolute Gasteiger partial charge is 0.309 e. The Morgan fingerprint density at radius 2 is 1.20 bits per heavy atom. The van der Waals surface area contributed by atoms with E-state index in [4.69, 9.17) is 0 Å². The second kappa shape index (κ2) is 8.79. The van der Waals surface area contributed by atoms with Crippen molar-refractivity contribution in [3.05, 3.63) is 120 Å². The zero-order chi connectivity index (χ0) is 27.8. The fourth-order valence-electron chi connectivity index (χ4n) is 6.45. The lowest BCUT2D eigenvalue weighted by Crippen LogP contribution is -2.31. The third-order valence-electron chi connectivity index (χ3n) is 8.76. The Balaban J connectivity index is 1.55. The van der Waals surface area contributed by atoms with Crippen LogP contribution in [-0.2, 0) is 12.5 Å². The number of benzene rings is 5. The monoisotopic (exact) mass is 519 g/mol. The number of nitrogens with zero attached hydrogens (tertiary/aromatic N) is 2. The highest BCUT2D eigenvalue weighted by molar-refractivity contribution is 6.15. The van der Waals surface area contributed by atoms with E-state index >= 15 is 0 Å². The Bertz CT molecular complexity index is 2070. The van der Waals surface area contributed by atoms with Crippen LogP contribution in [0.15, 0.2) is 103 Å². The molecule has 196 valence electrons. The quantitative estimate of drug-likeness (QED) is 0.159. The Hall–Kier alpha value is -4.43. The zero-order valence-corrected chi connectivity index (χ0v) is 24.2. The fourth-order valence-corrected chi connectivity index (χ4v) is 6.45. The van der Waals surface area contributed by atoms with Crippen LogP contribution in [0, 0.1) is 13.8 Å². The first-order valence-corrected chi connectivity index (χ1v) is 14.2. The van der Waals surface area contributed by atoms with Gasteiger partial charge in [-0.25, -0.2) is 4.57 Å². The standard InChI is InChI=1S/C38H35N2/c1-24-22-26(38(3,4)5)23-33(25(24)2)37-32-19-18-31-27(28(32)20-21-39(37)6)14-11-17-36(31)40-34-15-9-7-12-29(34)30-13-8-10-16-35(30)40/h7-23H,1-6H3/q+1. The van der Waals surface area contributed by atoms with Gasteiger partial charge in [-0.2, -0.15) is 0 Å². The molecule has 0 radical (unpaired) electrons. The van der Waals surface area contributed by atoms with Crippen molar-refractivity contribution in [2.75, 3.05) is 0 Å². The average molecular weight is 520 g/mol. The molecule has 0 bridgehead atoms. The fraction of sp³-hybridized carbons (Fsp3) is 0.184. The van der Waals surface area contributed by atoms with Gasteiger partial charge in [-0.15, -0.1) is 0 Å². The Labute approximate surface area is 236 Å². The molecule has 0 atom stereocenters. The minimum Gasteiger partial charge on any atom is -0.309 e. The summed E-state index contributed by atoms with van der Waals surface area (Å²) in [4.78, 5) is 0. The molecule has 2 heteroatoms. The molecule has 40 heavy (non-hydrogen) atoms. The minimum atomic E-state index is 0.0836. The summed E-state index contributed by atoms with van der Waals surface area (Å²) in [6.07, 6.45) is 2.22. The van der Waals surface area contributed by atoms with Gasteiger partial charge in [0, 0.05) is 27.6 Å². The highest BCUT2D eigenvalue weighted by Gasteiger charge is 2.23. The summed E-state index contributed by atoms with van der Waals surface area (Å²) in [5, 5.41) is 7.68. The summed E-state index contributed by atoms with van der Waals surface area (Å²) >= 11 is 0. The van der Waals surface area contributed by atoms with Gasteiger partial charge >= 0.3 is 0 Å². The van der Waals surface area contributed by atoms with Gasteiger partial charge in [0.1, 0.15) is 7.05 Å². The summed E-state index contributed by atoms with van der Waals surface area (Å²) < 4.78 is 4.72. The molecule has 2 nitrogen and oxygen atoms in total. The van der Waals surface area contributed by atoms with E-state index in [2.05, 4.69) is 154 Å². The lowest BCUT2D eigenvalue weighted by molar-refractivity contribution is -0.659. The van der Waals surface area contributed by atoms with E-state index in [0.29, 0.717) is 0 Å². The van der Waals surface area contributed by atoms with Gasteiger partial charge in [0.15, 0.2) is 6.20 Å². The molecule has 5 aromatic carbocycles. The van der Waals surface area contributed by atoms with Crippen LogP contribution in [0.2, 0.25) is 0 Å². The van der Waals surface area contributed by atoms with E-state index in [0.717, 1.165) is 0 Å². The van der Waals surface area contributed by atoms with Crippen LogP contribution in [0.1, 0.15) is 37.5 Å². The summed E-state index contributed by atoms with van der Waals surface area (Å²) in [5.74, 6) is 0. The Kier molecular flexibility index (Phi) is 5.41. The van der Waals surface area contributed by atoms with Crippen molar-refractivity contribution in [2.45, 2.75) is 40.0 Å². The molecule has 0 amide bonds. The van der Waals surface area contributed by atoms with Crippen LogP contribution < -0.4 is 4.57 Å². The van der Waals surface area contributed by atoms with Gasteiger partial charge in [0.05, 0.1) is 27.7 Å². The lowest BCUT2D eigenvalue weighted by Gasteiger charge is -2.22. The van der Waals surface area contributed by atoms with Crippen LogP contribution in [0.4, 0.5) is 0 Å². The van der Waals surface area contributed by atoms with Gasteiger partial charge in [-0.05, 0) is 71.7 Å². The van der Waals surface area contributed by atoms with Crippen LogP contribution in [0.3, 0.4) is 0 Å². The van der Waals surface area contributed by atoms with Crippen LogP contribution in [0.5, 0.6) is 0 Å². The van der Waals surface area contributed by atoms with Gasteiger partial charge in [0.25, 0.3) is 0 Å². The predicted octanol–water partition coefficient (Wildman–Crippen LogP) is 9.50. The van der Waals surface area contributed by atoms with Crippen molar-refractivity contribution in [2.24, 2.45) is 7.05 Å². The summed E-state index contributed by atoms with van der Waals surface area (Å²) in [6.45, 7) is 11.4. The highest BCUT2D eigenvalue weighted by Crippen LogP contribution is 2.39. The zero-order valence-electron chi connectivity index (χ0n) is 24.2. The first-order valence-electron chi connectivity index (χ1n) is 14.2. The van der Waals surface area contributed by atoms with Crippen molar-refractivity contribution in [1.29, 1.82) is 0 Å². The molecule has 7 aromatic rings. The molecule has 0 aliphatic rings. The Morgan fingerprint density at radius 3 is 1.88 bits per heavy atom. The van der Waals surface area contributed by atoms with E-state index in [9.17, 15) is 0 Å². The summed E-state index contributed by atoms with van der Waals surface area (Å²) in [6, 6.07) is 36.0.